The van der Waals surface area contributed by atoms with Crippen molar-refractivity contribution in [2.45, 2.75) is 166 Å². The van der Waals surface area contributed by atoms with E-state index in [-0.39, 0.29) is 26.1 Å². The van der Waals surface area contributed by atoms with Gasteiger partial charge >= 0.3 is 11.9 Å². The smallest absolute Gasteiger partial charge is 0.306 e. The van der Waals surface area contributed by atoms with Gasteiger partial charge in [0.25, 0.3) is 0 Å². The van der Waals surface area contributed by atoms with E-state index in [1.807, 2.05) is 12.2 Å². The number of carbonyl (C=O) groups excluding carboxylic acids is 2. The molecular formula is C41H68O10. The summed E-state index contributed by atoms with van der Waals surface area (Å²) < 4.78 is 21.9. The summed E-state index contributed by atoms with van der Waals surface area (Å²) in [6.45, 7) is 3.23. The second-order valence-corrected chi connectivity index (χ2v) is 13.0. The molecule has 1 saturated heterocycles. The van der Waals surface area contributed by atoms with E-state index in [0.717, 1.165) is 44.9 Å². The van der Waals surface area contributed by atoms with Crippen molar-refractivity contribution in [2.24, 2.45) is 0 Å². The average Bonchev–Trinajstić information content (AvgIpc) is 3.13. The predicted molar refractivity (Wildman–Crippen MR) is 201 cm³/mol. The zero-order valence-electron chi connectivity index (χ0n) is 31.3. The van der Waals surface area contributed by atoms with E-state index in [9.17, 15) is 30.0 Å². The van der Waals surface area contributed by atoms with Crippen molar-refractivity contribution in [3.05, 3.63) is 60.8 Å². The molecule has 1 aliphatic rings. The molecule has 0 spiro atoms. The lowest BCUT2D eigenvalue weighted by Crippen LogP contribution is -2.59. The van der Waals surface area contributed by atoms with Crippen molar-refractivity contribution in [1.29, 1.82) is 0 Å². The first kappa shape index (κ1) is 46.4. The number of aliphatic hydroxyl groups is 4. The number of unbranched alkanes of at least 4 members (excludes halogenated alkanes) is 9. The Balaban J connectivity index is 2.40. The van der Waals surface area contributed by atoms with Crippen LogP contribution >= 0.6 is 0 Å². The Morgan fingerprint density at radius 2 is 1.14 bits per heavy atom. The molecule has 51 heavy (non-hydrogen) atoms. The van der Waals surface area contributed by atoms with Crippen LogP contribution in [-0.2, 0) is 28.5 Å². The molecule has 0 aromatic carbocycles. The molecule has 10 heteroatoms. The lowest BCUT2D eigenvalue weighted by Gasteiger charge is -2.39. The maximum Gasteiger partial charge on any atom is 0.306 e. The molecule has 0 bridgehead atoms. The Bertz CT molecular complexity index is 1020. The summed E-state index contributed by atoms with van der Waals surface area (Å²) in [5.74, 6) is -0.917. The standard InChI is InChI=1S/C41H68O10/c1-3-5-7-9-11-12-13-14-15-16-17-18-19-20-21-22-24-25-27-29-36(43)48-32-34(50-37(44)30-28-26-23-10-8-6-4-2)33-49-41-40(47)39(46)38(45)35(31-42)51-41/h11-12,14-15,17-18,20-21,24-25,34-35,38-42,45-47H,3-10,13,16,19,22-23,26-33H2,1-2H3/b12-11+,15-14+,18-17+,21-20+,25-24+/t34-,35-,38+,39?,40?,41-/m0/s1. The first-order chi connectivity index (χ1) is 24.8. The fourth-order valence-corrected chi connectivity index (χ4v) is 5.29. The largest absolute Gasteiger partial charge is 0.462 e. The van der Waals surface area contributed by atoms with Gasteiger partial charge in [-0.15, -0.1) is 0 Å². The van der Waals surface area contributed by atoms with Gasteiger partial charge in [0, 0.05) is 12.8 Å². The molecule has 0 amide bonds. The first-order valence-corrected chi connectivity index (χ1v) is 19.4. The second-order valence-electron chi connectivity index (χ2n) is 13.0. The monoisotopic (exact) mass is 720 g/mol. The SMILES string of the molecule is CCCCC/C=C/C/C=C/C/C=C/C/C=C/C/C=C/CCC(=O)OC[C@@H](CO[C@H]1O[C@@H](CO)[C@@H](O)C(O)C1O)OC(=O)CCCCCCCCC. The van der Waals surface area contributed by atoms with Crippen LogP contribution in [0.3, 0.4) is 0 Å². The van der Waals surface area contributed by atoms with Crippen LogP contribution in [0.15, 0.2) is 60.8 Å². The van der Waals surface area contributed by atoms with E-state index in [1.165, 1.54) is 44.9 Å². The number of esters is 2. The summed E-state index contributed by atoms with van der Waals surface area (Å²) in [6, 6.07) is 0. The van der Waals surface area contributed by atoms with Gasteiger partial charge in [0.1, 0.15) is 31.0 Å². The number of hydrogen-bond acceptors (Lipinski definition) is 10. The number of rotatable bonds is 30. The molecule has 0 aromatic heterocycles. The van der Waals surface area contributed by atoms with E-state index in [0.29, 0.717) is 12.8 Å². The minimum atomic E-state index is -1.60. The third-order valence-electron chi connectivity index (χ3n) is 8.42. The lowest BCUT2D eigenvalue weighted by atomic mass is 9.99. The fourth-order valence-electron chi connectivity index (χ4n) is 5.29. The van der Waals surface area contributed by atoms with E-state index in [4.69, 9.17) is 18.9 Å². The molecular weight excluding hydrogens is 652 g/mol. The normalized spacial score (nSPS) is 21.9. The summed E-state index contributed by atoms with van der Waals surface area (Å²) in [5, 5.41) is 39.8. The Kier molecular flexibility index (Phi) is 29.2. The van der Waals surface area contributed by atoms with E-state index in [2.05, 4.69) is 62.5 Å². The van der Waals surface area contributed by atoms with Gasteiger partial charge in [-0.25, -0.2) is 0 Å². The minimum Gasteiger partial charge on any atom is -0.462 e. The van der Waals surface area contributed by atoms with Gasteiger partial charge in [0.2, 0.25) is 0 Å². The Hall–Kier alpha value is -2.60. The third kappa shape index (κ3) is 24.3. The van der Waals surface area contributed by atoms with Crippen LogP contribution in [0, 0.1) is 0 Å². The molecule has 292 valence electrons. The topological polar surface area (TPSA) is 152 Å². The van der Waals surface area contributed by atoms with Crippen LogP contribution < -0.4 is 0 Å². The molecule has 1 heterocycles. The zero-order chi connectivity index (χ0) is 37.4. The lowest BCUT2D eigenvalue weighted by molar-refractivity contribution is -0.305. The van der Waals surface area contributed by atoms with Gasteiger partial charge in [-0.1, -0.05) is 126 Å². The van der Waals surface area contributed by atoms with E-state index in [1.54, 1.807) is 0 Å². The van der Waals surface area contributed by atoms with Gasteiger partial charge in [-0.3, -0.25) is 9.59 Å². The van der Waals surface area contributed by atoms with Crippen LogP contribution in [0.5, 0.6) is 0 Å². The van der Waals surface area contributed by atoms with Gasteiger partial charge in [-0.2, -0.15) is 0 Å². The van der Waals surface area contributed by atoms with Crippen LogP contribution in [0.4, 0.5) is 0 Å². The van der Waals surface area contributed by atoms with E-state index >= 15 is 0 Å². The molecule has 4 N–H and O–H groups in total. The van der Waals surface area contributed by atoms with Crippen molar-refractivity contribution in [1.82, 2.24) is 0 Å². The highest BCUT2D eigenvalue weighted by Crippen LogP contribution is 2.22. The van der Waals surface area contributed by atoms with Crippen molar-refractivity contribution in [2.75, 3.05) is 19.8 Å². The molecule has 0 aliphatic carbocycles. The highest BCUT2D eigenvalue weighted by atomic mass is 16.7. The first-order valence-electron chi connectivity index (χ1n) is 19.4. The Morgan fingerprint density at radius 3 is 1.73 bits per heavy atom. The number of carbonyl (C=O) groups is 2. The molecule has 1 aliphatic heterocycles. The highest BCUT2D eigenvalue weighted by molar-refractivity contribution is 5.70. The second kappa shape index (κ2) is 32.1. The molecule has 10 nitrogen and oxygen atoms in total. The third-order valence-corrected chi connectivity index (χ3v) is 8.42. The van der Waals surface area contributed by atoms with Crippen LogP contribution in [0.1, 0.15) is 129 Å². The van der Waals surface area contributed by atoms with Gasteiger partial charge in [0.15, 0.2) is 12.4 Å². The molecule has 0 radical (unpaired) electrons. The number of hydrogen-bond donors (Lipinski definition) is 4. The maximum absolute atomic E-state index is 12.6. The van der Waals surface area contributed by atoms with Crippen LogP contribution in [0.2, 0.25) is 0 Å². The van der Waals surface area contributed by atoms with E-state index < -0.39 is 55.4 Å². The maximum atomic E-state index is 12.6. The predicted octanol–water partition coefficient (Wildman–Crippen LogP) is 7.10. The zero-order valence-corrected chi connectivity index (χ0v) is 31.3. The quantitative estimate of drug-likeness (QED) is 0.0344. The van der Waals surface area contributed by atoms with Crippen LogP contribution in [-0.4, -0.2) is 89.0 Å². The molecule has 1 rings (SSSR count). The summed E-state index contributed by atoms with van der Waals surface area (Å²) in [4.78, 5) is 25.0. The molecule has 0 saturated carbocycles. The van der Waals surface area contributed by atoms with Crippen molar-refractivity contribution >= 4 is 11.9 Å². The number of allylic oxidation sites excluding steroid dienone is 10. The summed E-state index contributed by atoms with van der Waals surface area (Å²) in [6.07, 6.45) is 29.8. The van der Waals surface area contributed by atoms with Gasteiger partial charge in [-0.05, 0) is 51.4 Å². The van der Waals surface area contributed by atoms with Crippen molar-refractivity contribution < 1.29 is 49.0 Å². The number of ether oxygens (including phenoxy) is 4. The summed E-state index contributed by atoms with van der Waals surface area (Å²) in [5.41, 5.74) is 0. The summed E-state index contributed by atoms with van der Waals surface area (Å²) >= 11 is 0. The molecule has 0 aromatic rings. The average molecular weight is 721 g/mol. The van der Waals surface area contributed by atoms with Crippen LogP contribution in [0.25, 0.3) is 0 Å². The van der Waals surface area contributed by atoms with Gasteiger partial charge < -0.3 is 39.4 Å². The molecule has 2 unspecified atom stereocenters. The van der Waals surface area contributed by atoms with Crippen molar-refractivity contribution in [3.8, 4) is 0 Å². The number of aliphatic hydroxyl groups excluding tert-OH is 4. The Morgan fingerprint density at radius 1 is 0.608 bits per heavy atom. The molecule has 1 fully saturated rings. The minimum absolute atomic E-state index is 0.150. The highest BCUT2D eigenvalue weighted by Gasteiger charge is 2.44. The fraction of sp³-hybridized carbons (Fsp3) is 0.707. The Labute approximate surface area is 307 Å². The van der Waals surface area contributed by atoms with Crippen molar-refractivity contribution in [3.63, 3.8) is 0 Å². The summed E-state index contributed by atoms with van der Waals surface area (Å²) in [7, 11) is 0. The van der Waals surface area contributed by atoms with Gasteiger partial charge in [0.05, 0.1) is 13.2 Å². The molecule has 6 atom stereocenters.